The zero-order valence-corrected chi connectivity index (χ0v) is 8.87. The molecule has 1 aliphatic rings. The van der Waals surface area contributed by atoms with Crippen LogP contribution in [0.3, 0.4) is 0 Å². The fourth-order valence-corrected chi connectivity index (χ4v) is 1.89. The van der Waals surface area contributed by atoms with Gasteiger partial charge in [-0.25, -0.2) is 0 Å². The van der Waals surface area contributed by atoms with Crippen LogP contribution >= 0.6 is 15.9 Å². The predicted octanol–water partition coefficient (Wildman–Crippen LogP) is 2.13. The molecular weight excluding hydrogens is 234 g/mol. The first-order valence-electron chi connectivity index (χ1n) is 4.20. The van der Waals surface area contributed by atoms with E-state index in [4.69, 9.17) is 4.42 Å². The van der Waals surface area contributed by atoms with E-state index in [1.807, 2.05) is 4.90 Å². The molecule has 1 aromatic rings. The number of carbonyl (C=O) groups excluding carboxylic acids is 1. The Morgan fingerprint density at radius 3 is 2.85 bits per heavy atom. The van der Waals surface area contributed by atoms with E-state index in [1.165, 1.54) is 6.26 Å². The number of amides is 1. The second-order valence-electron chi connectivity index (χ2n) is 3.42. The zero-order valence-electron chi connectivity index (χ0n) is 7.29. The number of carbonyl (C=O) groups is 1. The average molecular weight is 244 g/mol. The Labute approximate surface area is 84.8 Å². The van der Waals surface area contributed by atoms with Crippen LogP contribution in [0.25, 0.3) is 0 Å². The molecule has 0 atom stereocenters. The van der Waals surface area contributed by atoms with Gasteiger partial charge in [-0.2, -0.15) is 0 Å². The van der Waals surface area contributed by atoms with Crippen LogP contribution in [-0.4, -0.2) is 23.9 Å². The van der Waals surface area contributed by atoms with Crippen molar-refractivity contribution in [2.75, 3.05) is 13.1 Å². The summed E-state index contributed by atoms with van der Waals surface area (Å²) in [5, 5.41) is 0. The number of hydrogen-bond acceptors (Lipinski definition) is 2. The summed E-state index contributed by atoms with van der Waals surface area (Å²) in [6.07, 6.45) is 1.51. The van der Waals surface area contributed by atoms with Crippen molar-refractivity contribution in [2.45, 2.75) is 6.92 Å². The Bertz CT molecular complexity index is 328. The van der Waals surface area contributed by atoms with E-state index < -0.39 is 0 Å². The summed E-state index contributed by atoms with van der Waals surface area (Å²) in [4.78, 5) is 13.5. The van der Waals surface area contributed by atoms with Gasteiger partial charge in [0.15, 0.2) is 4.67 Å². The van der Waals surface area contributed by atoms with Gasteiger partial charge in [0.25, 0.3) is 5.91 Å². The molecule has 0 saturated carbocycles. The quantitative estimate of drug-likeness (QED) is 0.758. The Balaban J connectivity index is 2.10. The van der Waals surface area contributed by atoms with Crippen molar-refractivity contribution in [1.29, 1.82) is 0 Å². The highest BCUT2D eigenvalue weighted by Crippen LogP contribution is 2.23. The van der Waals surface area contributed by atoms with Gasteiger partial charge in [0.1, 0.15) is 0 Å². The van der Waals surface area contributed by atoms with Crippen molar-refractivity contribution in [2.24, 2.45) is 5.92 Å². The molecule has 1 aromatic heterocycles. The first-order chi connectivity index (χ1) is 6.18. The maximum atomic E-state index is 11.7. The lowest BCUT2D eigenvalue weighted by atomic mass is 10.0. The van der Waals surface area contributed by atoms with Crippen LogP contribution in [0.2, 0.25) is 0 Å². The molecule has 4 heteroatoms. The molecule has 2 heterocycles. The first kappa shape index (κ1) is 8.81. The van der Waals surface area contributed by atoms with Crippen LogP contribution in [0.4, 0.5) is 0 Å². The molecule has 0 aromatic carbocycles. The minimum absolute atomic E-state index is 0.0544. The lowest BCUT2D eigenvalue weighted by Crippen LogP contribution is -2.48. The smallest absolute Gasteiger partial charge is 0.258 e. The molecule has 70 valence electrons. The van der Waals surface area contributed by atoms with Gasteiger partial charge in [-0.3, -0.25) is 4.79 Å². The van der Waals surface area contributed by atoms with Crippen molar-refractivity contribution < 1.29 is 9.21 Å². The monoisotopic (exact) mass is 243 g/mol. The number of likely N-dealkylation sites (tertiary alicyclic amines) is 1. The molecule has 0 spiro atoms. The van der Waals surface area contributed by atoms with E-state index >= 15 is 0 Å². The normalized spacial score (nSPS) is 17.2. The summed E-state index contributed by atoms with van der Waals surface area (Å²) in [7, 11) is 0. The van der Waals surface area contributed by atoms with Gasteiger partial charge in [-0.1, -0.05) is 6.92 Å². The van der Waals surface area contributed by atoms with E-state index in [0.717, 1.165) is 13.1 Å². The summed E-state index contributed by atoms with van der Waals surface area (Å²) in [5.41, 5.74) is 0.618. The molecule has 1 aliphatic heterocycles. The molecule has 2 rings (SSSR count). The fourth-order valence-electron chi connectivity index (χ4n) is 1.48. The second kappa shape index (κ2) is 3.18. The highest BCUT2D eigenvalue weighted by Gasteiger charge is 2.29. The standard InChI is InChI=1S/C9H10BrNO2/c1-6-4-11(5-6)9(12)7-2-3-13-8(7)10/h2-3,6H,4-5H2,1H3. The van der Waals surface area contributed by atoms with E-state index in [0.29, 0.717) is 16.2 Å². The largest absolute Gasteiger partial charge is 0.457 e. The molecule has 3 nitrogen and oxygen atoms in total. The summed E-state index contributed by atoms with van der Waals surface area (Å²) in [6.45, 7) is 3.85. The Morgan fingerprint density at radius 1 is 1.69 bits per heavy atom. The Morgan fingerprint density at radius 2 is 2.38 bits per heavy atom. The third-order valence-electron chi connectivity index (χ3n) is 2.20. The van der Waals surface area contributed by atoms with Crippen LogP contribution in [0, 0.1) is 5.92 Å². The van der Waals surface area contributed by atoms with Crippen molar-refractivity contribution >= 4 is 21.8 Å². The molecule has 0 aliphatic carbocycles. The van der Waals surface area contributed by atoms with E-state index in [-0.39, 0.29) is 5.91 Å². The highest BCUT2D eigenvalue weighted by molar-refractivity contribution is 9.10. The van der Waals surface area contributed by atoms with Crippen LogP contribution in [0.15, 0.2) is 21.4 Å². The summed E-state index contributed by atoms with van der Waals surface area (Å²) in [5.74, 6) is 0.688. The topological polar surface area (TPSA) is 33.5 Å². The van der Waals surface area contributed by atoms with Gasteiger partial charge in [0.2, 0.25) is 0 Å². The first-order valence-corrected chi connectivity index (χ1v) is 5.00. The van der Waals surface area contributed by atoms with Gasteiger partial charge < -0.3 is 9.32 Å². The van der Waals surface area contributed by atoms with Crippen molar-refractivity contribution in [3.63, 3.8) is 0 Å². The number of furan rings is 1. The molecule has 0 unspecified atom stereocenters. The molecule has 1 saturated heterocycles. The molecule has 1 amide bonds. The average Bonchev–Trinajstić information content (AvgIpc) is 2.44. The van der Waals surface area contributed by atoms with E-state index in [2.05, 4.69) is 22.9 Å². The second-order valence-corrected chi connectivity index (χ2v) is 4.14. The molecule has 13 heavy (non-hydrogen) atoms. The fraction of sp³-hybridized carbons (Fsp3) is 0.444. The van der Waals surface area contributed by atoms with Crippen LogP contribution in [0.1, 0.15) is 17.3 Å². The summed E-state index contributed by atoms with van der Waals surface area (Å²) < 4.78 is 5.53. The maximum absolute atomic E-state index is 11.7. The van der Waals surface area contributed by atoms with E-state index in [1.54, 1.807) is 6.07 Å². The Hall–Kier alpha value is -0.770. The van der Waals surface area contributed by atoms with Crippen molar-refractivity contribution in [3.05, 3.63) is 22.6 Å². The van der Waals surface area contributed by atoms with Crippen LogP contribution in [-0.2, 0) is 0 Å². The van der Waals surface area contributed by atoms with Gasteiger partial charge in [0, 0.05) is 13.1 Å². The molecule has 0 N–H and O–H groups in total. The lowest BCUT2D eigenvalue weighted by molar-refractivity contribution is 0.0528. The third-order valence-corrected chi connectivity index (χ3v) is 2.81. The van der Waals surface area contributed by atoms with Crippen LogP contribution in [0.5, 0.6) is 0 Å². The summed E-state index contributed by atoms with van der Waals surface area (Å²) in [6, 6.07) is 1.69. The number of halogens is 1. The summed E-state index contributed by atoms with van der Waals surface area (Å²) >= 11 is 3.19. The third kappa shape index (κ3) is 1.50. The van der Waals surface area contributed by atoms with Gasteiger partial charge >= 0.3 is 0 Å². The zero-order chi connectivity index (χ0) is 9.42. The lowest BCUT2D eigenvalue weighted by Gasteiger charge is -2.36. The van der Waals surface area contributed by atoms with Gasteiger partial charge in [0.05, 0.1) is 11.8 Å². The molecular formula is C9H10BrNO2. The molecule has 0 radical (unpaired) electrons. The maximum Gasteiger partial charge on any atom is 0.258 e. The Kier molecular flexibility index (Phi) is 2.15. The van der Waals surface area contributed by atoms with Crippen molar-refractivity contribution in [3.8, 4) is 0 Å². The SMILES string of the molecule is CC1CN(C(=O)c2ccoc2Br)C1. The van der Waals surface area contributed by atoms with Crippen LogP contribution < -0.4 is 0 Å². The molecule has 0 bridgehead atoms. The van der Waals surface area contributed by atoms with Crippen molar-refractivity contribution in [1.82, 2.24) is 4.90 Å². The predicted molar refractivity (Wildman–Crippen MR) is 51.5 cm³/mol. The van der Waals surface area contributed by atoms with E-state index in [9.17, 15) is 4.79 Å². The number of rotatable bonds is 1. The highest BCUT2D eigenvalue weighted by atomic mass is 79.9. The molecule has 1 fully saturated rings. The number of nitrogens with zero attached hydrogens (tertiary/aromatic N) is 1. The van der Waals surface area contributed by atoms with Gasteiger partial charge in [-0.15, -0.1) is 0 Å². The number of hydrogen-bond donors (Lipinski definition) is 0. The minimum Gasteiger partial charge on any atom is -0.457 e. The van der Waals surface area contributed by atoms with Gasteiger partial charge in [-0.05, 0) is 27.9 Å². The minimum atomic E-state index is 0.0544.